The van der Waals surface area contributed by atoms with Gasteiger partial charge in [-0.05, 0) is 39.5 Å². The number of piperidine rings is 1. The molecule has 0 bridgehead atoms. The van der Waals surface area contributed by atoms with Crippen LogP contribution in [0.25, 0.3) is 0 Å². The van der Waals surface area contributed by atoms with Gasteiger partial charge in [0, 0.05) is 50.2 Å². The summed E-state index contributed by atoms with van der Waals surface area (Å²) in [4.78, 5) is 25.2. The van der Waals surface area contributed by atoms with E-state index in [0.717, 1.165) is 44.0 Å². The normalized spacial score (nSPS) is 27.4. The quantitative estimate of drug-likeness (QED) is 0.833. The number of nitrogens with zero attached hydrogens (tertiary/aromatic N) is 4. The minimum atomic E-state index is -0.448. The van der Waals surface area contributed by atoms with Gasteiger partial charge in [-0.15, -0.1) is 0 Å². The molecule has 24 heavy (non-hydrogen) atoms. The fraction of sp³-hybridized carbons (Fsp3) is 0.722. The molecular weight excluding hydrogens is 304 g/mol. The molecule has 0 spiro atoms. The average molecular weight is 332 g/mol. The lowest BCUT2D eigenvalue weighted by Gasteiger charge is -2.60. The SMILES string of the molecule is Cc1ncc(CN2C[C@@]3(C)CCN(C(=O)OC(C)(C)C)C[C@@H]23)cn1. The van der Waals surface area contributed by atoms with E-state index >= 15 is 0 Å². The average Bonchev–Trinajstić information content (AvgIpc) is 2.46. The van der Waals surface area contributed by atoms with Gasteiger partial charge in [-0.25, -0.2) is 14.8 Å². The van der Waals surface area contributed by atoms with E-state index in [1.54, 1.807) is 0 Å². The standard InChI is InChI=1S/C18H28N4O2/c1-13-19-8-14(9-20-13)10-22-12-18(5)6-7-21(11-15(18)22)16(23)24-17(2,3)4/h8-9,15H,6-7,10-12H2,1-5H3/t15-,18-/m1/s1. The van der Waals surface area contributed by atoms with E-state index in [-0.39, 0.29) is 6.09 Å². The van der Waals surface area contributed by atoms with E-state index in [2.05, 4.69) is 21.8 Å². The highest BCUT2D eigenvalue weighted by Crippen LogP contribution is 2.44. The van der Waals surface area contributed by atoms with Crippen molar-refractivity contribution in [1.82, 2.24) is 19.8 Å². The van der Waals surface area contributed by atoms with Gasteiger partial charge in [-0.1, -0.05) is 6.92 Å². The van der Waals surface area contributed by atoms with Crippen molar-refractivity contribution in [2.45, 2.75) is 59.2 Å². The number of ether oxygens (including phenoxy) is 1. The fourth-order valence-electron chi connectivity index (χ4n) is 3.67. The van der Waals surface area contributed by atoms with Crippen molar-refractivity contribution in [3.8, 4) is 0 Å². The Labute approximate surface area is 144 Å². The van der Waals surface area contributed by atoms with Crippen LogP contribution in [0, 0.1) is 12.3 Å². The lowest BCUT2D eigenvalue weighted by atomic mass is 9.68. The van der Waals surface area contributed by atoms with Gasteiger partial charge in [0.15, 0.2) is 0 Å². The van der Waals surface area contributed by atoms with E-state index < -0.39 is 5.60 Å². The Balaban J connectivity index is 1.63. The third kappa shape index (κ3) is 3.53. The van der Waals surface area contributed by atoms with E-state index in [1.165, 1.54) is 0 Å². The summed E-state index contributed by atoms with van der Waals surface area (Å²) >= 11 is 0. The Hall–Kier alpha value is -1.69. The molecule has 0 saturated carbocycles. The first kappa shape index (κ1) is 17.1. The second-order valence-electron chi connectivity index (χ2n) is 8.39. The van der Waals surface area contributed by atoms with Crippen LogP contribution in [0.5, 0.6) is 0 Å². The highest BCUT2D eigenvalue weighted by atomic mass is 16.6. The van der Waals surface area contributed by atoms with Crippen LogP contribution in [0.1, 0.15) is 45.5 Å². The van der Waals surface area contributed by atoms with Crippen LogP contribution >= 0.6 is 0 Å². The Morgan fingerprint density at radius 2 is 2.04 bits per heavy atom. The number of aromatic nitrogens is 2. The van der Waals surface area contributed by atoms with Crippen molar-refractivity contribution in [3.63, 3.8) is 0 Å². The summed E-state index contributed by atoms with van der Waals surface area (Å²) in [7, 11) is 0. The number of rotatable bonds is 2. The Morgan fingerprint density at radius 1 is 1.38 bits per heavy atom. The van der Waals surface area contributed by atoms with Gasteiger partial charge in [0.25, 0.3) is 0 Å². The van der Waals surface area contributed by atoms with Gasteiger partial charge < -0.3 is 9.64 Å². The van der Waals surface area contributed by atoms with Crippen molar-refractivity contribution < 1.29 is 9.53 Å². The first-order chi connectivity index (χ1) is 11.2. The van der Waals surface area contributed by atoms with Crippen LogP contribution in [-0.4, -0.2) is 57.1 Å². The number of carbonyl (C=O) groups excluding carboxylic acids is 1. The fourth-order valence-corrected chi connectivity index (χ4v) is 3.67. The summed E-state index contributed by atoms with van der Waals surface area (Å²) < 4.78 is 5.53. The van der Waals surface area contributed by atoms with Crippen molar-refractivity contribution in [3.05, 3.63) is 23.8 Å². The van der Waals surface area contributed by atoms with Gasteiger partial charge in [-0.2, -0.15) is 0 Å². The summed E-state index contributed by atoms with van der Waals surface area (Å²) in [6.07, 6.45) is 4.62. The molecule has 2 aliphatic rings. The third-order valence-electron chi connectivity index (χ3n) is 5.03. The number of carbonyl (C=O) groups is 1. The maximum absolute atomic E-state index is 12.4. The minimum Gasteiger partial charge on any atom is -0.444 e. The number of fused-ring (bicyclic) bond motifs is 1. The minimum absolute atomic E-state index is 0.199. The monoisotopic (exact) mass is 332 g/mol. The van der Waals surface area contributed by atoms with Crippen molar-refractivity contribution in [2.24, 2.45) is 5.41 Å². The number of amides is 1. The largest absolute Gasteiger partial charge is 0.444 e. The molecular formula is C18H28N4O2. The molecule has 3 heterocycles. The van der Waals surface area contributed by atoms with Crippen molar-refractivity contribution >= 4 is 6.09 Å². The molecule has 0 aliphatic carbocycles. The van der Waals surface area contributed by atoms with Crippen molar-refractivity contribution in [2.75, 3.05) is 19.6 Å². The summed E-state index contributed by atoms with van der Waals surface area (Å²) in [5.74, 6) is 0.793. The third-order valence-corrected chi connectivity index (χ3v) is 5.03. The van der Waals surface area contributed by atoms with Crippen LogP contribution in [0.4, 0.5) is 4.79 Å². The van der Waals surface area contributed by atoms with E-state index in [1.807, 2.05) is 45.0 Å². The number of aryl methyl sites for hydroxylation is 1. The predicted molar refractivity (Wildman–Crippen MR) is 91.5 cm³/mol. The first-order valence-corrected chi connectivity index (χ1v) is 8.66. The zero-order valence-corrected chi connectivity index (χ0v) is 15.4. The number of likely N-dealkylation sites (tertiary alicyclic amines) is 2. The molecule has 2 saturated heterocycles. The molecule has 0 N–H and O–H groups in total. The molecule has 6 heteroatoms. The van der Waals surface area contributed by atoms with Crippen LogP contribution in [0.15, 0.2) is 12.4 Å². The molecule has 1 amide bonds. The Morgan fingerprint density at radius 3 is 2.67 bits per heavy atom. The topological polar surface area (TPSA) is 58.6 Å². The maximum atomic E-state index is 12.4. The molecule has 2 fully saturated rings. The van der Waals surface area contributed by atoms with Gasteiger partial charge >= 0.3 is 6.09 Å². The Bertz CT molecular complexity index is 610. The zero-order valence-electron chi connectivity index (χ0n) is 15.4. The van der Waals surface area contributed by atoms with Gasteiger partial charge in [0.2, 0.25) is 0 Å². The molecule has 0 radical (unpaired) electrons. The lowest BCUT2D eigenvalue weighted by molar-refractivity contribution is -0.115. The summed E-state index contributed by atoms with van der Waals surface area (Å²) in [6, 6.07) is 0.375. The van der Waals surface area contributed by atoms with Crippen molar-refractivity contribution in [1.29, 1.82) is 0 Å². The van der Waals surface area contributed by atoms with Gasteiger partial charge in [0.1, 0.15) is 11.4 Å². The van der Waals surface area contributed by atoms with E-state index in [4.69, 9.17) is 4.74 Å². The summed E-state index contributed by atoms with van der Waals surface area (Å²) in [5, 5.41) is 0. The zero-order chi connectivity index (χ0) is 17.5. The molecule has 2 atom stereocenters. The second-order valence-corrected chi connectivity index (χ2v) is 8.39. The van der Waals surface area contributed by atoms with Crippen LogP contribution in [0.2, 0.25) is 0 Å². The highest BCUT2D eigenvalue weighted by molar-refractivity contribution is 5.68. The van der Waals surface area contributed by atoms with E-state index in [0.29, 0.717) is 11.5 Å². The molecule has 0 aromatic carbocycles. The summed E-state index contributed by atoms with van der Waals surface area (Å²) in [6.45, 7) is 13.4. The molecule has 1 aromatic rings. The predicted octanol–water partition coefficient (Wildman–Crippen LogP) is 2.62. The lowest BCUT2D eigenvalue weighted by Crippen LogP contribution is -2.70. The smallest absolute Gasteiger partial charge is 0.410 e. The van der Waals surface area contributed by atoms with Crippen LogP contribution in [-0.2, 0) is 11.3 Å². The molecule has 132 valence electrons. The highest BCUT2D eigenvalue weighted by Gasteiger charge is 2.52. The number of hydrogen-bond donors (Lipinski definition) is 0. The van der Waals surface area contributed by atoms with Crippen LogP contribution < -0.4 is 0 Å². The maximum Gasteiger partial charge on any atom is 0.410 e. The second kappa shape index (κ2) is 5.99. The van der Waals surface area contributed by atoms with E-state index in [9.17, 15) is 4.79 Å². The molecule has 0 unspecified atom stereocenters. The molecule has 2 aliphatic heterocycles. The molecule has 1 aromatic heterocycles. The first-order valence-electron chi connectivity index (χ1n) is 8.66. The Kier molecular flexibility index (Phi) is 4.28. The molecule has 3 rings (SSSR count). The molecule has 6 nitrogen and oxygen atoms in total. The van der Waals surface area contributed by atoms with Crippen LogP contribution in [0.3, 0.4) is 0 Å². The number of hydrogen-bond acceptors (Lipinski definition) is 5. The van der Waals surface area contributed by atoms with Gasteiger partial charge in [0.05, 0.1) is 0 Å². The van der Waals surface area contributed by atoms with Gasteiger partial charge in [-0.3, -0.25) is 4.90 Å². The summed E-state index contributed by atoms with van der Waals surface area (Å²) in [5.41, 5.74) is 0.970.